The van der Waals surface area contributed by atoms with Crippen molar-refractivity contribution in [3.8, 4) is 0 Å². The van der Waals surface area contributed by atoms with E-state index in [9.17, 15) is 9.18 Å². The van der Waals surface area contributed by atoms with Crippen molar-refractivity contribution < 1.29 is 9.18 Å². The van der Waals surface area contributed by atoms with Gasteiger partial charge in [0.2, 0.25) is 0 Å². The van der Waals surface area contributed by atoms with Crippen LogP contribution < -0.4 is 10.6 Å². The Bertz CT molecular complexity index is 689. The minimum Gasteiger partial charge on any atom is -0.360 e. The van der Waals surface area contributed by atoms with Crippen molar-refractivity contribution in [2.24, 2.45) is 11.8 Å². The fraction of sp³-hybridized carbons (Fsp3) is 0.600. The molecule has 0 radical (unpaired) electrons. The number of benzene rings is 1. The first-order valence-corrected chi connectivity index (χ1v) is 10.1. The van der Waals surface area contributed by atoms with E-state index in [2.05, 4.69) is 15.5 Å². The van der Waals surface area contributed by atoms with Crippen molar-refractivity contribution >= 4 is 23.2 Å². The number of amides is 1. The fourth-order valence-corrected chi connectivity index (χ4v) is 5.14. The Balaban J connectivity index is 1.24. The van der Waals surface area contributed by atoms with E-state index in [-0.39, 0.29) is 17.5 Å². The number of hydrogen-bond acceptors (Lipinski definition) is 2. The molecule has 1 saturated heterocycles. The largest absolute Gasteiger partial charge is 0.360 e. The number of carbonyl (C=O) groups excluding carboxylic acids is 1. The zero-order chi connectivity index (χ0) is 18.1. The average molecular weight is 376 g/mol. The van der Waals surface area contributed by atoms with Crippen LogP contribution in [0, 0.1) is 17.7 Å². The van der Waals surface area contributed by atoms with Gasteiger partial charge in [-0.1, -0.05) is 18.6 Å². The lowest BCUT2D eigenvalue weighted by Crippen LogP contribution is -2.52. The summed E-state index contributed by atoms with van der Waals surface area (Å²) in [5.41, 5.74) is 0.114. The molecule has 1 aromatic carbocycles. The maximum absolute atomic E-state index is 13.7. The van der Waals surface area contributed by atoms with Crippen molar-refractivity contribution in [3.05, 3.63) is 35.6 Å². The van der Waals surface area contributed by atoms with Crippen molar-refractivity contribution in [1.29, 1.82) is 0 Å². The van der Waals surface area contributed by atoms with E-state index < -0.39 is 5.82 Å². The highest BCUT2D eigenvalue weighted by Gasteiger charge is 2.40. The Hall–Kier alpha value is -1.69. The average Bonchev–Trinajstić information content (AvgIpc) is 3.25. The lowest BCUT2D eigenvalue weighted by atomic mass is 9.95. The molecule has 26 heavy (non-hydrogen) atoms. The van der Waals surface area contributed by atoms with Gasteiger partial charge < -0.3 is 15.5 Å². The van der Waals surface area contributed by atoms with E-state index in [0.29, 0.717) is 6.04 Å². The minimum absolute atomic E-state index is 0.0728. The molecule has 1 heterocycles. The summed E-state index contributed by atoms with van der Waals surface area (Å²) in [4.78, 5) is 14.5. The second kappa shape index (κ2) is 7.51. The molecule has 0 aromatic heterocycles. The molecule has 1 amide bonds. The predicted molar refractivity (Wildman–Crippen MR) is 103 cm³/mol. The Labute approximate surface area is 159 Å². The highest BCUT2D eigenvalue weighted by molar-refractivity contribution is 7.80. The quantitative estimate of drug-likeness (QED) is 0.797. The lowest BCUT2D eigenvalue weighted by molar-refractivity contribution is 0.0918. The Morgan fingerprint density at radius 2 is 1.85 bits per heavy atom. The molecule has 2 saturated carbocycles. The van der Waals surface area contributed by atoms with Crippen LogP contribution in [0.2, 0.25) is 0 Å². The zero-order valence-corrected chi connectivity index (χ0v) is 15.7. The molecule has 2 bridgehead atoms. The second-order valence-electron chi connectivity index (χ2n) is 7.95. The summed E-state index contributed by atoms with van der Waals surface area (Å²) in [5.74, 6) is 0.901. The standard InChI is InChI=1S/C20H26FN3OS/c21-17-4-2-1-3-16(17)19(25)22-15-7-9-24(10-8-15)20(26)23-18-12-13-5-6-14(18)11-13/h1-4,13-15,18H,5-12H2,(H,22,25)(H,23,26). The monoisotopic (exact) mass is 375 g/mol. The van der Waals surface area contributed by atoms with Crippen LogP contribution in [0.3, 0.4) is 0 Å². The van der Waals surface area contributed by atoms with E-state index >= 15 is 0 Å². The van der Waals surface area contributed by atoms with E-state index in [0.717, 1.165) is 42.9 Å². The number of likely N-dealkylation sites (tertiary alicyclic amines) is 1. The van der Waals surface area contributed by atoms with Crippen LogP contribution in [0.1, 0.15) is 48.9 Å². The number of hydrogen-bond donors (Lipinski definition) is 2. The molecule has 2 aliphatic carbocycles. The minimum atomic E-state index is -0.473. The van der Waals surface area contributed by atoms with Crippen LogP contribution in [0.5, 0.6) is 0 Å². The van der Waals surface area contributed by atoms with Crippen molar-refractivity contribution in [2.75, 3.05) is 13.1 Å². The van der Waals surface area contributed by atoms with Gasteiger partial charge in [0.1, 0.15) is 5.82 Å². The summed E-state index contributed by atoms with van der Waals surface area (Å²) < 4.78 is 13.7. The summed E-state index contributed by atoms with van der Waals surface area (Å²) in [6.45, 7) is 1.66. The van der Waals surface area contributed by atoms with E-state index in [1.807, 2.05) is 0 Å². The molecule has 2 N–H and O–H groups in total. The number of piperidine rings is 1. The molecule has 4 nitrogen and oxygen atoms in total. The van der Waals surface area contributed by atoms with Gasteiger partial charge in [0.15, 0.2) is 5.11 Å². The molecule has 3 unspecified atom stereocenters. The Morgan fingerprint density at radius 1 is 1.08 bits per heavy atom. The number of halogens is 1. The smallest absolute Gasteiger partial charge is 0.254 e. The van der Waals surface area contributed by atoms with Crippen LogP contribution in [-0.2, 0) is 0 Å². The molecular formula is C20H26FN3OS. The molecule has 4 rings (SSSR count). The van der Waals surface area contributed by atoms with Gasteiger partial charge in [-0.05, 0) is 68.3 Å². The summed E-state index contributed by atoms with van der Waals surface area (Å²) in [5, 5.41) is 7.41. The normalized spacial score (nSPS) is 28.2. The van der Waals surface area contributed by atoms with E-state index in [1.54, 1.807) is 12.1 Å². The summed E-state index contributed by atoms with van der Waals surface area (Å²) in [6, 6.07) is 6.74. The molecule has 1 aromatic rings. The third-order valence-electron chi connectivity index (χ3n) is 6.28. The summed E-state index contributed by atoms with van der Waals surface area (Å²) >= 11 is 5.62. The number of nitrogens with zero attached hydrogens (tertiary/aromatic N) is 1. The number of nitrogens with one attached hydrogen (secondary N) is 2. The predicted octanol–water partition coefficient (Wildman–Crippen LogP) is 3.08. The summed E-state index contributed by atoms with van der Waals surface area (Å²) in [7, 11) is 0. The molecule has 1 aliphatic heterocycles. The van der Waals surface area contributed by atoms with E-state index in [4.69, 9.17) is 12.2 Å². The van der Waals surface area contributed by atoms with Crippen molar-refractivity contribution in [2.45, 2.75) is 50.6 Å². The number of rotatable bonds is 3. The highest BCUT2D eigenvalue weighted by Crippen LogP contribution is 2.44. The SMILES string of the molecule is O=C(NC1CCN(C(=S)NC2CC3CCC2C3)CC1)c1ccccc1F. The van der Waals surface area contributed by atoms with E-state index in [1.165, 1.54) is 37.8 Å². The first-order chi connectivity index (χ1) is 12.6. The van der Waals surface area contributed by atoms with Crippen molar-refractivity contribution in [1.82, 2.24) is 15.5 Å². The first kappa shape index (κ1) is 17.7. The number of thiocarbonyl (C=S) groups is 1. The number of carbonyl (C=O) groups is 1. The van der Waals surface area contributed by atoms with Gasteiger partial charge in [-0.2, -0.15) is 0 Å². The molecule has 0 spiro atoms. The van der Waals surface area contributed by atoms with Crippen LogP contribution in [0.4, 0.5) is 4.39 Å². The Kier molecular flexibility index (Phi) is 5.11. The van der Waals surface area contributed by atoms with Gasteiger partial charge in [0.25, 0.3) is 5.91 Å². The van der Waals surface area contributed by atoms with Crippen LogP contribution in [0.15, 0.2) is 24.3 Å². The molecule has 3 aliphatic rings. The van der Waals surface area contributed by atoms with Gasteiger partial charge in [0, 0.05) is 25.2 Å². The maximum Gasteiger partial charge on any atom is 0.254 e. The van der Waals surface area contributed by atoms with Gasteiger partial charge in [0.05, 0.1) is 5.56 Å². The lowest BCUT2D eigenvalue weighted by Gasteiger charge is -2.36. The first-order valence-electron chi connectivity index (χ1n) is 9.71. The molecule has 6 heteroatoms. The third-order valence-corrected chi connectivity index (χ3v) is 6.66. The van der Waals surface area contributed by atoms with Crippen LogP contribution >= 0.6 is 12.2 Å². The van der Waals surface area contributed by atoms with Gasteiger partial charge in [-0.15, -0.1) is 0 Å². The highest BCUT2D eigenvalue weighted by atomic mass is 32.1. The molecule has 3 fully saturated rings. The Morgan fingerprint density at radius 3 is 2.50 bits per heavy atom. The zero-order valence-electron chi connectivity index (χ0n) is 14.9. The van der Waals surface area contributed by atoms with Gasteiger partial charge in [-0.3, -0.25) is 4.79 Å². The number of fused-ring (bicyclic) bond motifs is 2. The van der Waals surface area contributed by atoms with Gasteiger partial charge in [-0.25, -0.2) is 4.39 Å². The fourth-order valence-electron chi connectivity index (χ4n) is 4.81. The molecular weight excluding hydrogens is 349 g/mol. The molecule has 3 atom stereocenters. The molecule has 140 valence electrons. The summed E-state index contributed by atoms with van der Waals surface area (Å²) in [6.07, 6.45) is 7.03. The maximum atomic E-state index is 13.7. The second-order valence-corrected chi connectivity index (χ2v) is 8.33. The van der Waals surface area contributed by atoms with Crippen LogP contribution in [-0.4, -0.2) is 41.1 Å². The van der Waals surface area contributed by atoms with Crippen LogP contribution in [0.25, 0.3) is 0 Å². The topological polar surface area (TPSA) is 44.4 Å². The van der Waals surface area contributed by atoms with Crippen molar-refractivity contribution in [3.63, 3.8) is 0 Å². The third kappa shape index (κ3) is 3.70. The van der Waals surface area contributed by atoms with Gasteiger partial charge >= 0.3 is 0 Å².